The normalized spacial score (nSPS) is 16.9. The zero-order chi connectivity index (χ0) is 16.9. The number of hydrogen-bond donors (Lipinski definition) is 0. The zero-order valence-electron chi connectivity index (χ0n) is 14.2. The van der Waals surface area contributed by atoms with E-state index < -0.39 is 0 Å². The van der Waals surface area contributed by atoms with Gasteiger partial charge in [-0.3, -0.25) is 0 Å². The van der Waals surface area contributed by atoms with Crippen molar-refractivity contribution in [2.24, 2.45) is 0 Å². The minimum atomic E-state index is 0.398. The van der Waals surface area contributed by atoms with Gasteiger partial charge in [-0.2, -0.15) is 0 Å². The van der Waals surface area contributed by atoms with Crippen LogP contribution in [0, 0.1) is 0 Å². The Hall–Kier alpha value is -2.59. The Labute approximate surface area is 148 Å². The molecule has 2 heterocycles. The molecule has 2 aromatic carbocycles. The van der Waals surface area contributed by atoms with E-state index in [2.05, 4.69) is 28.8 Å². The molecular formula is C21H22N2O2. The number of imidazole rings is 1. The van der Waals surface area contributed by atoms with Crippen LogP contribution in [0.15, 0.2) is 67.0 Å². The third-order valence-electron chi connectivity index (χ3n) is 4.59. The highest BCUT2D eigenvalue weighted by Crippen LogP contribution is 2.33. The Morgan fingerprint density at radius 3 is 2.52 bits per heavy atom. The number of benzene rings is 2. The van der Waals surface area contributed by atoms with Gasteiger partial charge in [-0.05, 0) is 18.6 Å². The van der Waals surface area contributed by atoms with E-state index in [0.29, 0.717) is 12.5 Å². The quantitative estimate of drug-likeness (QED) is 0.680. The lowest BCUT2D eigenvalue weighted by atomic mass is 9.99. The summed E-state index contributed by atoms with van der Waals surface area (Å²) < 4.78 is 13.7. The molecule has 1 saturated heterocycles. The molecule has 4 rings (SSSR count). The molecule has 1 fully saturated rings. The van der Waals surface area contributed by atoms with Crippen molar-refractivity contribution in [1.29, 1.82) is 0 Å². The summed E-state index contributed by atoms with van der Waals surface area (Å²) in [4.78, 5) is 4.71. The zero-order valence-corrected chi connectivity index (χ0v) is 14.2. The Kier molecular flexibility index (Phi) is 4.79. The Morgan fingerprint density at radius 1 is 1.04 bits per heavy atom. The van der Waals surface area contributed by atoms with Crippen molar-refractivity contribution in [3.8, 4) is 17.0 Å². The number of hydrogen-bond acceptors (Lipinski definition) is 3. The molecule has 0 spiro atoms. The summed E-state index contributed by atoms with van der Waals surface area (Å²) in [5, 5.41) is 0. The third kappa shape index (κ3) is 3.59. The van der Waals surface area contributed by atoms with Gasteiger partial charge < -0.3 is 14.0 Å². The summed E-state index contributed by atoms with van der Waals surface area (Å²) in [5.74, 6) is 1.30. The molecule has 1 aromatic heterocycles. The molecule has 128 valence electrons. The first-order valence-electron chi connectivity index (χ1n) is 8.78. The molecule has 0 radical (unpaired) electrons. The van der Waals surface area contributed by atoms with Crippen LogP contribution in [0.4, 0.5) is 0 Å². The molecule has 0 unspecified atom stereocenters. The minimum Gasteiger partial charge on any atom is -0.492 e. The minimum absolute atomic E-state index is 0.398. The lowest BCUT2D eigenvalue weighted by Gasteiger charge is -2.15. The van der Waals surface area contributed by atoms with Crippen LogP contribution in [0.2, 0.25) is 0 Å². The topological polar surface area (TPSA) is 36.3 Å². The van der Waals surface area contributed by atoms with Gasteiger partial charge in [0, 0.05) is 18.1 Å². The van der Waals surface area contributed by atoms with Gasteiger partial charge in [-0.25, -0.2) is 4.98 Å². The monoisotopic (exact) mass is 334 g/mol. The summed E-state index contributed by atoms with van der Waals surface area (Å²) in [5.41, 5.74) is 3.49. The predicted molar refractivity (Wildman–Crippen MR) is 97.8 cm³/mol. The summed E-state index contributed by atoms with van der Waals surface area (Å²) >= 11 is 0. The average molecular weight is 334 g/mol. The van der Waals surface area contributed by atoms with Crippen molar-refractivity contribution >= 4 is 0 Å². The second-order valence-electron chi connectivity index (χ2n) is 6.26. The Morgan fingerprint density at radius 2 is 1.80 bits per heavy atom. The molecule has 0 N–H and O–H groups in total. The van der Waals surface area contributed by atoms with Gasteiger partial charge in [0.15, 0.2) is 0 Å². The van der Waals surface area contributed by atoms with Gasteiger partial charge in [-0.1, -0.05) is 48.5 Å². The van der Waals surface area contributed by atoms with Crippen molar-refractivity contribution in [1.82, 2.24) is 9.55 Å². The van der Waals surface area contributed by atoms with Crippen LogP contribution < -0.4 is 4.74 Å². The molecule has 25 heavy (non-hydrogen) atoms. The number of aromatic nitrogens is 2. The fraction of sp³-hybridized carbons (Fsp3) is 0.286. The molecule has 0 saturated carbocycles. The molecule has 3 aromatic rings. The summed E-state index contributed by atoms with van der Waals surface area (Å²) in [7, 11) is 0. The number of para-hydroxylation sites is 1. The highest BCUT2D eigenvalue weighted by molar-refractivity contribution is 5.62. The Balaban J connectivity index is 1.56. The van der Waals surface area contributed by atoms with Crippen LogP contribution in [0.3, 0.4) is 0 Å². The molecule has 0 bridgehead atoms. The van der Waals surface area contributed by atoms with E-state index in [4.69, 9.17) is 14.5 Å². The highest BCUT2D eigenvalue weighted by Gasteiger charge is 2.25. The molecule has 1 aliphatic rings. The molecule has 1 aliphatic heterocycles. The molecule has 4 heteroatoms. The van der Waals surface area contributed by atoms with E-state index in [1.54, 1.807) is 0 Å². The lowest BCUT2D eigenvalue weighted by molar-refractivity contribution is 0.193. The maximum absolute atomic E-state index is 5.86. The summed E-state index contributed by atoms with van der Waals surface area (Å²) in [6.45, 7) is 2.99. The van der Waals surface area contributed by atoms with E-state index in [1.165, 1.54) is 5.69 Å². The van der Waals surface area contributed by atoms with Crippen molar-refractivity contribution in [3.05, 3.63) is 72.7 Å². The van der Waals surface area contributed by atoms with Gasteiger partial charge in [0.2, 0.25) is 0 Å². The smallest absolute Gasteiger partial charge is 0.119 e. The van der Waals surface area contributed by atoms with E-state index >= 15 is 0 Å². The van der Waals surface area contributed by atoms with E-state index in [9.17, 15) is 0 Å². The Bertz CT molecular complexity index is 793. The van der Waals surface area contributed by atoms with E-state index in [0.717, 1.165) is 43.2 Å². The van der Waals surface area contributed by atoms with Crippen molar-refractivity contribution in [3.63, 3.8) is 0 Å². The van der Waals surface area contributed by atoms with Crippen LogP contribution in [0.1, 0.15) is 18.0 Å². The molecular weight excluding hydrogens is 312 g/mol. The highest BCUT2D eigenvalue weighted by atomic mass is 16.5. The maximum atomic E-state index is 5.86. The number of ether oxygens (including phenoxy) is 2. The first-order valence-corrected chi connectivity index (χ1v) is 8.78. The predicted octanol–water partition coefficient (Wildman–Crippen LogP) is 4.13. The largest absolute Gasteiger partial charge is 0.492 e. The molecule has 1 atom stereocenters. The molecule has 0 aliphatic carbocycles. The first kappa shape index (κ1) is 15.9. The van der Waals surface area contributed by atoms with E-state index in [-0.39, 0.29) is 0 Å². The van der Waals surface area contributed by atoms with Gasteiger partial charge in [0.05, 0.1) is 30.9 Å². The molecule has 0 amide bonds. The van der Waals surface area contributed by atoms with Gasteiger partial charge in [0.1, 0.15) is 12.4 Å². The number of rotatable bonds is 6. The third-order valence-corrected chi connectivity index (χ3v) is 4.59. The maximum Gasteiger partial charge on any atom is 0.119 e. The van der Waals surface area contributed by atoms with Crippen LogP contribution >= 0.6 is 0 Å². The number of nitrogens with zero attached hydrogens (tertiary/aromatic N) is 2. The van der Waals surface area contributed by atoms with Crippen molar-refractivity contribution in [2.45, 2.75) is 18.9 Å². The van der Waals surface area contributed by atoms with E-state index in [1.807, 2.05) is 42.7 Å². The van der Waals surface area contributed by atoms with Crippen molar-refractivity contribution < 1.29 is 9.47 Å². The van der Waals surface area contributed by atoms with Crippen LogP contribution in [-0.2, 0) is 11.3 Å². The average Bonchev–Trinajstić information content (AvgIpc) is 3.33. The lowest BCUT2D eigenvalue weighted by Crippen LogP contribution is -2.13. The first-order chi connectivity index (χ1) is 12.4. The standard InChI is InChI=1S/C21H22N2O2/c1-3-7-17(8-4-1)20-21(18-11-13-24-15-18)23(16-22-20)12-14-25-19-9-5-2-6-10-19/h1-10,16,18H,11-15H2/t18-/m1/s1. The van der Waals surface area contributed by atoms with Crippen LogP contribution in [0.5, 0.6) is 5.75 Å². The molecule has 4 nitrogen and oxygen atoms in total. The van der Waals surface area contributed by atoms with Gasteiger partial charge in [0.25, 0.3) is 0 Å². The van der Waals surface area contributed by atoms with Crippen molar-refractivity contribution in [2.75, 3.05) is 19.8 Å². The fourth-order valence-electron chi connectivity index (χ4n) is 3.35. The van der Waals surface area contributed by atoms with Gasteiger partial charge in [-0.15, -0.1) is 0 Å². The van der Waals surface area contributed by atoms with Crippen LogP contribution in [0.25, 0.3) is 11.3 Å². The second kappa shape index (κ2) is 7.53. The summed E-state index contributed by atoms with van der Waals surface area (Å²) in [6, 6.07) is 20.3. The van der Waals surface area contributed by atoms with Crippen LogP contribution in [-0.4, -0.2) is 29.4 Å². The SMILES string of the molecule is c1ccc(OCCn2cnc(-c3ccccc3)c2[C@@H]2CCOC2)cc1. The second-order valence-corrected chi connectivity index (χ2v) is 6.26. The van der Waals surface area contributed by atoms with Gasteiger partial charge >= 0.3 is 0 Å². The summed E-state index contributed by atoms with van der Waals surface area (Å²) in [6.07, 6.45) is 2.98. The fourth-order valence-corrected chi connectivity index (χ4v) is 3.35.